The Bertz CT molecular complexity index is 921. The molecule has 0 aromatic heterocycles. The van der Waals surface area contributed by atoms with E-state index in [1.54, 1.807) is 31.2 Å². The molecule has 0 unspecified atom stereocenters. The fourth-order valence-corrected chi connectivity index (χ4v) is 4.15. The van der Waals surface area contributed by atoms with E-state index in [0.717, 1.165) is 12.8 Å². The first-order valence-electron chi connectivity index (χ1n) is 8.79. The number of carbonyl (C=O) groups excluding carboxylic acids is 1. The van der Waals surface area contributed by atoms with E-state index in [9.17, 15) is 13.2 Å². The fourth-order valence-electron chi connectivity index (χ4n) is 3.31. The second-order valence-corrected chi connectivity index (χ2v) is 8.97. The molecule has 0 saturated heterocycles. The predicted molar refractivity (Wildman–Crippen MR) is 104 cm³/mol. The lowest BCUT2D eigenvalue weighted by Gasteiger charge is -2.19. The second-order valence-electron chi connectivity index (χ2n) is 6.68. The average molecular weight is 372 g/mol. The van der Waals surface area contributed by atoms with Crippen LogP contribution < -0.4 is 9.62 Å². The number of aryl methyl sites for hydroxylation is 2. The van der Waals surface area contributed by atoms with Crippen LogP contribution >= 0.6 is 0 Å². The smallest absolute Gasteiger partial charge is 0.251 e. The number of carbonyl (C=O) groups is 1. The quantitative estimate of drug-likeness (QED) is 0.876. The molecule has 0 bridgehead atoms. The van der Waals surface area contributed by atoms with Crippen LogP contribution in [0, 0.1) is 6.92 Å². The van der Waals surface area contributed by atoms with Crippen molar-refractivity contribution in [2.75, 3.05) is 17.1 Å². The van der Waals surface area contributed by atoms with E-state index in [0.29, 0.717) is 11.3 Å². The number of anilines is 1. The van der Waals surface area contributed by atoms with Crippen LogP contribution in [0.1, 0.15) is 46.4 Å². The predicted octanol–water partition coefficient (Wildman–Crippen LogP) is 3.20. The highest BCUT2D eigenvalue weighted by atomic mass is 32.2. The van der Waals surface area contributed by atoms with Gasteiger partial charge in [-0.2, -0.15) is 0 Å². The van der Waals surface area contributed by atoms with Gasteiger partial charge < -0.3 is 5.32 Å². The first-order chi connectivity index (χ1) is 12.3. The van der Waals surface area contributed by atoms with Crippen molar-refractivity contribution in [3.05, 3.63) is 64.7 Å². The Morgan fingerprint density at radius 2 is 1.88 bits per heavy atom. The molecule has 1 N–H and O–H groups in total. The Kier molecular flexibility index (Phi) is 5.05. The zero-order chi connectivity index (χ0) is 18.9. The van der Waals surface area contributed by atoms with Crippen LogP contribution in [0.4, 0.5) is 5.69 Å². The van der Waals surface area contributed by atoms with Crippen LogP contribution in [-0.4, -0.2) is 27.1 Å². The largest absolute Gasteiger partial charge is 0.345 e. The van der Waals surface area contributed by atoms with Crippen LogP contribution in [0.15, 0.2) is 42.5 Å². The van der Waals surface area contributed by atoms with Crippen LogP contribution in [0.3, 0.4) is 0 Å². The SMILES string of the molecule is CCS(=O)(=O)N(C)c1ccc(C(=O)N[C@@H]2CCc3cc(C)ccc32)cc1. The Morgan fingerprint density at radius 1 is 1.19 bits per heavy atom. The molecule has 1 aliphatic rings. The molecule has 2 aromatic rings. The second kappa shape index (κ2) is 7.11. The lowest BCUT2D eigenvalue weighted by molar-refractivity contribution is 0.0936. The lowest BCUT2D eigenvalue weighted by Crippen LogP contribution is -2.29. The van der Waals surface area contributed by atoms with Crippen molar-refractivity contribution in [3.63, 3.8) is 0 Å². The molecule has 1 aliphatic carbocycles. The van der Waals surface area contributed by atoms with Gasteiger partial charge in [0.05, 0.1) is 17.5 Å². The summed E-state index contributed by atoms with van der Waals surface area (Å²) in [5.74, 6) is -0.109. The fraction of sp³-hybridized carbons (Fsp3) is 0.350. The zero-order valence-corrected chi connectivity index (χ0v) is 16.1. The first kappa shape index (κ1) is 18.5. The minimum atomic E-state index is -3.31. The Labute approximate surface area is 155 Å². The molecular weight excluding hydrogens is 348 g/mol. The van der Waals surface area contributed by atoms with Gasteiger partial charge in [-0.1, -0.05) is 23.8 Å². The van der Waals surface area contributed by atoms with Gasteiger partial charge in [-0.25, -0.2) is 8.42 Å². The number of hydrogen-bond donors (Lipinski definition) is 1. The van der Waals surface area contributed by atoms with E-state index in [1.807, 2.05) is 0 Å². The monoisotopic (exact) mass is 372 g/mol. The lowest BCUT2D eigenvalue weighted by atomic mass is 10.1. The van der Waals surface area contributed by atoms with Crippen molar-refractivity contribution in [3.8, 4) is 0 Å². The zero-order valence-electron chi connectivity index (χ0n) is 15.3. The topological polar surface area (TPSA) is 66.5 Å². The molecular formula is C20H24N2O3S. The van der Waals surface area contributed by atoms with Gasteiger partial charge >= 0.3 is 0 Å². The van der Waals surface area contributed by atoms with Gasteiger partial charge in [-0.05, 0) is 62.1 Å². The van der Waals surface area contributed by atoms with Crippen molar-refractivity contribution in [2.45, 2.75) is 32.7 Å². The summed E-state index contributed by atoms with van der Waals surface area (Å²) in [5, 5.41) is 3.09. The molecule has 0 heterocycles. The number of nitrogens with one attached hydrogen (secondary N) is 1. The molecule has 0 spiro atoms. The molecule has 0 radical (unpaired) electrons. The molecule has 26 heavy (non-hydrogen) atoms. The van der Waals surface area contributed by atoms with Crippen LogP contribution in [-0.2, 0) is 16.4 Å². The van der Waals surface area contributed by atoms with Crippen LogP contribution in [0.2, 0.25) is 0 Å². The molecule has 1 atom stereocenters. The summed E-state index contributed by atoms with van der Waals surface area (Å²) < 4.78 is 25.1. The van der Waals surface area contributed by atoms with E-state index < -0.39 is 10.0 Å². The average Bonchev–Trinajstić information content (AvgIpc) is 3.03. The molecule has 1 amide bonds. The summed E-state index contributed by atoms with van der Waals surface area (Å²) in [6, 6.07) is 13.0. The number of fused-ring (bicyclic) bond motifs is 1. The van der Waals surface area contributed by atoms with E-state index in [1.165, 1.54) is 28.0 Å². The molecule has 0 aliphatic heterocycles. The van der Waals surface area contributed by atoms with Crippen molar-refractivity contribution >= 4 is 21.6 Å². The summed E-state index contributed by atoms with van der Waals surface area (Å²) in [7, 11) is -1.79. The third kappa shape index (κ3) is 3.60. The molecule has 5 nitrogen and oxygen atoms in total. The number of sulfonamides is 1. The van der Waals surface area contributed by atoms with E-state index in [-0.39, 0.29) is 17.7 Å². The molecule has 0 fully saturated rings. The minimum Gasteiger partial charge on any atom is -0.345 e. The maximum atomic E-state index is 12.6. The maximum absolute atomic E-state index is 12.6. The number of rotatable bonds is 5. The molecule has 0 saturated carbocycles. The standard InChI is InChI=1S/C20H24N2O3S/c1-4-26(24,25)22(3)17-9-6-15(7-10-17)20(23)21-19-12-8-16-13-14(2)5-11-18(16)19/h5-7,9-11,13,19H,4,8,12H2,1-3H3,(H,21,23)/t19-/m1/s1. The summed E-state index contributed by atoms with van der Waals surface area (Å²) in [5.41, 5.74) is 4.80. The van der Waals surface area contributed by atoms with Gasteiger partial charge in [0, 0.05) is 12.6 Å². The Morgan fingerprint density at radius 3 is 2.54 bits per heavy atom. The highest BCUT2D eigenvalue weighted by Crippen LogP contribution is 2.32. The number of hydrogen-bond acceptors (Lipinski definition) is 3. The summed E-state index contributed by atoms with van der Waals surface area (Å²) in [4.78, 5) is 12.6. The van der Waals surface area contributed by atoms with E-state index in [2.05, 4.69) is 30.4 Å². The highest BCUT2D eigenvalue weighted by molar-refractivity contribution is 7.92. The van der Waals surface area contributed by atoms with Crippen LogP contribution in [0.5, 0.6) is 0 Å². The minimum absolute atomic E-state index is 0.0286. The van der Waals surface area contributed by atoms with Gasteiger partial charge in [0.1, 0.15) is 0 Å². The third-order valence-corrected chi connectivity index (χ3v) is 6.73. The van der Waals surface area contributed by atoms with Gasteiger partial charge in [-0.3, -0.25) is 9.10 Å². The van der Waals surface area contributed by atoms with Gasteiger partial charge in [-0.15, -0.1) is 0 Å². The summed E-state index contributed by atoms with van der Waals surface area (Å²) in [6.45, 7) is 3.68. The molecule has 138 valence electrons. The van der Waals surface area contributed by atoms with E-state index >= 15 is 0 Å². The maximum Gasteiger partial charge on any atom is 0.251 e. The van der Waals surface area contributed by atoms with Gasteiger partial charge in [0.2, 0.25) is 10.0 Å². The number of amides is 1. The third-order valence-electron chi connectivity index (χ3n) is 4.96. The van der Waals surface area contributed by atoms with E-state index in [4.69, 9.17) is 0 Å². The Balaban J connectivity index is 1.72. The van der Waals surface area contributed by atoms with Gasteiger partial charge in [0.15, 0.2) is 0 Å². The van der Waals surface area contributed by atoms with Crippen molar-refractivity contribution in [1.29, 1.82) is 0 Å². The molecule has 6 heteroatoms. The van der Waals surface area contributed by atoms with Gasteiger partial charge in [0.25, 0.3) is 5.91 Å². The Hall–Kier alpha value is -2.34. The molecule has 3 rings (SSSR count). The van der Waals surface area contributed by atoms with Crippen LogP contribution in [0.25, 0.3) is 0 Å². The van der Waals surface area contributed by atoms with Crippen molar-refractivity contribution in [2.24, 2.45) is 0 Å². The van der Waals surface area contributed by atoms with Crippen molar-refractivity contribution < 1.29 is 13.2 Å². The molecule has 2 aromatic carbocycles. The summed E-state index contributed by atoms with van der Waals surface area (Å²) in [6.07, 6.45) is 1.88. The summed E-state index contributed by atoms with van der Waals surface area (Å²) >= 11 is 0. The first-order valence-corrected chi connectivity index (χ1v) is 10.4. The van der Waals surface area contributed by atoms with Crippen molar-refractivity contribution in [1.82, 2.24) is 5.32 Å². The normalized spacial score (nSPS) is 16.2. The highest BCUT2D eigenvalue weighted by Gasteiger charge is 2.24. The number of nitrogens with zero attached hydrogens (tertiary/aromatic N) is 1. The number of benzene rings is 2.